The highest BCUT2D eigenvalue weighted by molar-refractivity contribution is 5.03. The van der Waals surface area contributed by atoms with Gasteiger partial charge in [0.15, 0.2) is 6.29 Å². The number of pyridine rings is 2. The maximum absolute atomic E-state index is 9.61. The van der Waals surface area contributed by atoms with Crippen LogP contribution in [0.2, 0.25) is 0 Å². The number of methoxy groups -OCH3 is 1. The molecular formula is C18H22N2O5. The largest absolute Gasteiger partial charge is 0.394 e. The summed E-state index contributed by atoms with van der Waals surface area (Å²) in [6.45, 7) is 0.414. The third-order valence-corrected chi connectivity index (χ3v) is 3.98. The summed E-state index contributed by atoms with van der Waals surface area (Å²) in [5, 5.41) is 9.61. The van der Waals surface area contributed by atoms with Crippen LogP contribution in [0.3, 0.4) is 0 Å². The predicted octanol–water partition coefficient (Wildman–Crippen LogP) is 1.31. The average molecular weight is 346 g/mol. The number of aliphatic hydroxyl groups excluding tert-OH is 1. The van der Waals surface area contributed by atoms with E-state index in [9.17, 15) is 5.11 Å². The first-order valence-electron chi connectivity index (χ1n) is 8.14. The molecule has 0 radical (unpaired) electrons. The van der Waals surface area contributed by atoms with Crippen molar-refractivity contribution < 1.29 is 24.1 Å². The second-order valence-electron chi connectivity index (χ2n) is 5.65. The van der Waals surface area contributed by atoms with E-state index in [4.69, 9.17) is 18.9 Å². The van der Waals surface area contributed by atoms with E-state index in [2.05, 4.69) is 9.97 Å². The molecule has 1 N–H and O–H groups in total. The normalized spacial score (nSPS) is 26.0. The molecule has 1 saturated heterocycles. The van der Waals surface area contributed by atoms with Crippen molar-refractivity contribution >= 4 is 0 Å². The number of ether oxygens (including phenoxy) is 4. The lowest BCUT2D eigenvalue weighted by Gasteiger charge is -2.23. The summed E-state index contributed by atoms with van der Waals surface area (Å²) in [6.07, 6.45) is 1.33. The predicted molar refractivity (Wildman–Crippen MR) is 88.4 cm³/mol. The van der Waals surface area contributed by atoms with Crippen LogP contribution in [0.25, 0.3) is 0 Å². The molecule has 0 aliphatic carbocycles. The number of aromatic nitrogens is 2. The van der Waals surface area contributed by atoms with Gasteiger partial charge in [-0.25, -0.2) is 0 Å². The van der Waals surface area contributed by atoms with Crippen molar-refractivity contribution in [2.75, 3.05) is 13.7 Å². The smallest absolute Gasteiger partial charge is 0.186 e. The second-order valence-corrected chi connectivity index (χ2v) is 5.65. The maximum Gasteiger partial charge on any atom is 0.186 e. The summed E-state index contributed by atoms with van der Waals surface area (Å²) in [5.74, 6) is 0. The van der Waals surface area contributed by atoms with Gasteiger partial charge >= 0.3 is 0 Å². The molecule has 0 amide bonds. The van der Waals surface area contributed by atoms with Gasteiger partial charge in [0.25, 0.3) is 0 Å². The summed E-state index contributed by atoms with van der Waals surface area (Å²) in [5.41, 5.74) is 1.59. The van der Waals surface area contributed by atoms with Crippen LogP contribution in [0.5, 0.6) is 0 Å². The quantitative estimate of drug-likeness (QED) is 0.771. The van der Waals surface area contributed by atoms with E-state index >= 15 is 0 Å². The average Bonchev–Trinajstić information content (AvgIpc) is 3.03. The SMILES string of the molecule is CO[C@H]1O[C@H](CO)[C@H](OCc2ccccn2)[C@@H]1OCc1ccccn1. The van der Waals surface area contributed by atoms with Crippen LogP contribution >= 0.6 is 0 Å². The van der Waals surface area contributed by atoms with Gasteiger partial charge in [-0.15, -0.1) is 0 Å². The topological polar surface area (TPSA) is 82.9 Å². The Morgan fingerprint density at radius 1 is 0.960 bits per heavy atom. The van der Waals surface area contributed by atoms with E-state index < -0.39 is 24.6 Å². The molecule has 2 aromatic rings. The Hall–Kier alpha value is -1.90. The van der Waals surface area contributed by atoms with E-state index in [0.717, 1.165) is 11.4 Å². The highest BCUT2D eigenvalue weighted by Crippen LogP contribution is 2.28. The van der Waals surface area contributed by atoms with Crippen molar-refractivity contribution in [2.45, 2.75) is 37.8 Å². The minimum Gasteiger partial charge on any atom is -0.394 e. The highest BCUT2D eigenvalue weighted by Gasteiger charge is 2.46. The molecule has 4 atom stereocenters. The van der Waals surface area contributed by atoms with Gasteiger partial charge in [-0.1, -0.05) is 12.1 Å². The van der Waals surface area contributed by atoms with Gasteiger partial charge in [-0.2, -0.15) is 0 Å². The lowest BCUT2D eigenvalue weighted by Crippen LogP contribution is -2.39. The molecule has 7 heteroatoms. The Labute approximate surface area is 146 Å². The molecule has 1 aliphatic heterocycles. The molecule has 1 fully saturated rings. The molecule has 0 aromatic carbocycles. The van der Waals surface area contributed by atoms with Crippen molar-refractivity contribution in [3.63, 3.8) is 0 Å². The summed E-state index contributed by atoms with van der Waals surface area (Å²) < 4.78 is 23.0. The first kappa shape index (κ1) is 17.9. The molecule has 0 bridgehead atoms. The standard InChI is InChI=1S/C18H22N2O5/c1-22-18-17(24-12-14-7-3-5-9-20-14)16(15(10-21)25-18)23-11-13-6-2-4-8-19-13/h2-9,15-18,21H,10-12H2,1H3/t15-,16+,17+,18+/m1/s1. The van der Waals surface area contributed by atoms with Crippen molar-refractivity contribution in [1.29, 1.82) is 0 Å². The zero-order valence-corrected chi connectivity index (χ0v) is 14.0. The molecule has 3 rings (SSSR count). The van der Waals surface area contributed by atoms with E-state index in [-0.39, 0.29) is 6.61 Å². The van der Waals surface area contributed by atoms with Crippen LogP contribution in [0, 0.1) is 0 Å². The third-order valence-electron chi connectivity index (χ3n) is 3.98. The lowest BCUT2D eigenvalue weighted by molar-refractivity contribution is -0.169. The van der Waals surface area contributed by atoms with Crippen LogP contribution in [0.4, 0.5) is 0 Å². The van der Waals surface area contributed by atoms with Crippen molar-refractivity contribution in [1.82, 2.24) is 9.97 Å². The Kier molecular flexibility index (Phi) is 6.43. The van der Waals surface area contributed by atoms with Crippen LogP contribution in [0.15, 0.2) is 48.8 Å². The highest BCUT2D eigenvalue weighted by atomic mass is 16.7. The number of hydrogen-bond donors (Lipinski definition) is 1. The van der Waals surface area contributed by atoms with Gasteiger partial charge in [0.05, 0.1) is 31.2 Å². The number of rotatable bonds is 8. The van der Waals surface area contributed by atoms with E-state index in [1.807, 2.05) is 36.4 Å². The van der Waals surface area contributed by atoms with Gasteiger partial charge in [0.1, 0.15) is 18.3 Å². The van der Waals surface area contributed by atoms with Gasteiger partial charge in [0.2, 0.25) is 0 Å². The number of hydrogen-bond acceptors (Lipinski definition) is 7. The summed E-state index contributed by atoms with van der Waals surface area (Å²) in [6, 6.07) is 11.2. The lowest BCUT2D eigenvalue weighted by atomic mass is 10.1. The van der Waals surface area contributed by atoms with E-state index in [0.29, 0.717) is 13.2 Å². The van der Waals surface area contributed by atoms with Crippen LogP contribution in [-0.2, 0) is 32.2 Å². The van der Waals surface area contributed by atoms with Gasteiger partial charge in [0, 0.05) is 19.5 Å². The van der Waals surface area contributed by atoms with Crippen molar-refractivity contribution in [2.24, 2.45) is 0 Å². The second kappa shape index (κ2) is 8.98. The van der Waals surface area contributed by atoms with Crippen LogP contribution in [0.1, 0.15) is 11.4 Å². The Balaban J connectivity index is 1.66. The number of nitrogens with zero attached hydrogens (tertiary/aromatic N) is 2. The van der Waals surface area contributed by atoms with Gasteiger partial charge in [-0.05, 0) is 24.3 Å². The summed E-state index contributed by atoms with van der Waals surface area (Å²) in [4.78, 5) is 8.48. The molecule has 7 nitrogen and oxygen atoms in total. The zero-order valence-electron chi connectivity index (χ0n) is 14.0. The fraction of sp³-hybridized carbons (Fsp3) is 0.444. The fourth-order valence-electron chi connectivity index (χ4n) is 2.74. The van der Waals surface area contributed by atoms with Gasteiger partial charge in [-0.3, -0.25) is 9.97 Å². The van der Waals surface area contributed by atoms with Crippen molar-refractivity contribution in [3.05, 3.63) is 60.2 Å². The Bertz CT molecular complexity index is 572. The third kappa shape index (κ3) is 4.59. The van der Waals surface area contributed by atoms with Crippen LogP contribution in [-0.4, -0.2) is 53.4 Å². The minimum atomic E-state index is -0.616. The molecule has 0 spiro atoms. The number of aliphatic hydroxyl groups is 1. The fourth-order valence-corrected chi connectivity index (χ4v) is 2.74. The first-order chi connectivity index (χ1) is 12.3. The molecule has 2 aromatic heterocycles. The van der Waals surface area contributed by atoms with E-state index in [1.165, 1.54) is 7.11 Å². The first-order valence-corrected chi connectivity index (χ1v) is 8.14. The Morgan fingerprint density at radius 3 is 2.04 bits per heavy atom. The molecule has 0 saturated carbocycles. The maximum atomic E-state index is 9.61. The molecule has 3 heterocycles. The summed E-state index contributed by atoms with van der Waals surface area (Å²) >= 11 is 0. The van der Waals surface area contributed by atoms with Gasteiger partial charge < -0.3 is 24.1 Å². The molecule has 0 unspecified atom stereocenters. The monoisotopic (exact) mass is 346 g/mol. The minimum absolute atomic E-state index is 0.184. The molecule has 25 heavy (non-hydrogen) atoms. The summed E-state index contributed by atoms with van der Waals surface area (Å²) in [7, 11) is 1.54. The van der Waals surface area contributed by atoms with Crippen molar-refractivity contribution in [3.8, 4) is 0 Å². The molecular weight excluding hydrogens is 324 g/mol. The Morgan fingerprint density at radius 2 is 1.56 bits per heavy atom. The van der Waals surface area contributed by atoms with Crippen LogP contribution < -0.4 is 0 Å². The molecule has 134 valence electrons. The zero-order chi connectivity index (χ0) is 17.5. The van der Waals surface area contributed by atoms with E-state index in [1.54, 1.807) is 12.4 Å². The molecule has 1 aliphatic rings.